The van der Waals surface area contributed by atoms with Crippen molar-refractivity contribution in [2.75, 3.05) is 12.4 Å². The number of aryl methyl sites for hydroxylation is 1. The molecule has 0 atom stereocenters. The van der Waals surface area contributed by atoms with Gasteiger partial charge in [0, 0.05) is 18.2 Å². The van der Waals surface area contributed by atoms with Crippen molar-refractivity contribution in [1.82, 2.24) is 9.78 Å². The molecule has 128 valence electrons. The molecule has 0 aliphatic heterocycles. The van der Waals surface area contributed by atoms with Crippen molar-refractivity contribution in [3.63, 3.8) is 0 Å². The van der Waals surface area contributed by atoms with Gasteiger partial charge in [-0.25, -0.2) is 0 Å². The van der Waals surface area contributed by atoms with Gasteiger partial charge >= 0.3 is 0 Å². The second-order valence-electron chi connectivity index (χ2n) is 5.89. The van der Waals surface area contributed by atoms with Gasteiger partial charge in [0.25, 0.3) is 0 Å². The van der Waals surface area contributed by atoms with Crippen LogP contribution in [0.3, 0.4) is 0 Å². The Hall–Kier alpha value is -2.27. The van der Waals surface area contributed by atoms with Gasteiger partial charge in [-0.3, -0.25) is 9.48 Å². The number of hydrogen-bond donors (Lipinski definition) is 1. The molecule has 1 heterocycles. The number of hydrogen-bond acceptors (Lipinski definition) is 3. The summed E-state index contributed by atoms with van der Waals surface area (Å²) in [7, 11) is 1.56. The molecule has 1 aromatic carbocycles. The average molecular weight is 348 g/mol. The first-order chi connectivity index (χ1) is 11.4. The van der Waals surface area contributed by atoms with Gasteiger partial charge in [0.2, 0.25) is 5.91 Å². The number of rotatable bonds is 6. The zero-order valence-corrected chi connectivity index (χ0v) is 15.1. The van der Waals surface area contributed by atoms with Gasteiger partial charge in [0.15, 0.2) is 0 Å². The van der Waals surface area contributed by atoms with Crippen LogP contribution < -0.4 is 10.1 Å². The zero-order valence-electron chi connectivity index (χ0n) is 14.3. The molecular formula is C18H22ClN3O2. The number of halogens is 1. The van der Waals surface area contributed by atoms with Crippen LogP contribution in [-0.2, 0) is 11.3 Å². The van der Waals surface area contributed by atoms with Crippen LogP contribution in [0.2, 0.25) is 5.15 Å². The van der Waals surface area contributed by atoms with Gasteiger partial charge < -0.3 is 10.1 Å². The third kappa shape index (κ3) is 4.38. The highest BCUT2D eigenvalue weighted by Crippen LogP contribution is 2.24. The largest absolute Gasteiger partial charge is 0.495 e. The molecule has 1 amide bonds. The van der Waals surface area contributed by atoms with Crippen LogP contribution in [0.4, 0.5) is 5.69 Å². The quantitative estimate of drug-likeness (QED) is 0.798. The fourth-order valence-electron chi connectivity index (χ4n) is 2.30. The molecule has 2 aromatic rings. The molecule has 0 saturated carbocycles. The standard InChI is InChI=1S/C18H22ClN3O2/c1-12(2)11-22-18(19)14(13(3)21-22)9-10-17(23)20-15-7-5-6-8-16(15)24-4/h5-10,12H,11H2,1-4H3,(H,20,23)/b10-9+. The number of ether oxygens (including phenoxy) is 1. The number of methoxy groups -OCH3 is 1. The van der Waals surface area contributed by atoms with E-state index < -0.39 is 0 Å². The summed E-state index contributed by atoms with van der Waals surface area (Å²) >= 11 is 6.36. The molecule has 1 N–H and O–H groups in total. The Bertz CT molecular complexity index is 751. The summed E-state index contributed by atoms with van der Waals surface area (Å²) in [6.07, 6.45) is 3.13. The van der Waals surface area contributed by atoms with Crippen LogP contribution in [0.5, 0.6) is 5.75 Å². The van der Waals surface area contributed by atoms with E-state index in [4.69, 9.17) is 16.3 Å². The summed E-state index contributed by atoms with van der Waals surface area (Å²) in [5, 5.41) is 7.75. The normalized spacial score (nSPS) is 11.2. The van der Waals surface area contributed by atoms with E-state index in [0.717, 1.165) is 17.8 Å². The minimum Gasteiger partial charge on any atom is -0.495 e. The van der Waals surface area contributed by atoms with Crippen molar-refractivity contribution < 1.29 is 9.53 Å². The molecule has 0 radical (unpaired) electrons. The molecule has 5 nitrogen and oxygen atoms in total. The lowest BCUT2D eigenvalue weighted by Gasteiger charge is -2.07. The number of amides is 1. The van der Waals surface area contributed by atoms with Crippen LogP contribution in [0.25, 0.3) is 6.08 Å². The fraction of sp³-hybridized carbons (Fsp3) is 0.333. The Morgan fingerprint density at radius 1 is 1.42 bits per heavy atom. The van der Waals surface area contributed by atoms with E-state index in [-0.39, 0.29) is 5.91 Å². The monoisotopic (exact) mass is 347 g/mol. The van der Waals surface area contributed by atoms with Gasteiger partial charge in [0.1, 0.15) is 10.9 Å². The maximum absolute atomic E-state index is 12.1. The molecule has 0 bridgehead atoms. The maximum atomic E-state index is 12.1. The second kappa shape index (κ2) is 8.02. The minimum absolute atomic E-state index is 0.258. The van der Waals surface area contributed by atoms with Crippen molar-refractivity contribution in [1.29, 1.82) is 0 Å². The maximum Gasteiger partial charge on any atom is 0.248 e. The Balaban J connectivity index is 2.13. The topological polar surface area (TPSA) is 56.1 Å². The summed E-state index contributed by atoms with van der Waals surface area (Å²) < 4.78 is 6.98. The number of aromatic nitrogens is 2. The van der Waals surface area contributed by atoms with Crippen LogP contribution in [-0.4, -0.2) is 22.8 Å². The van der Waals surface area contributed by atoms with Crippen molar-refractivity contribution >= 4 is 29.3 Å². The van der Waals surface area contributed by atoms with Crippen LogP contribution in [0, 0.1) is 12.8 Å². The summed E-state index contributed by atoms with van der Waals surface area (Å²) in [5.41, 5.74) is 2.17. The van der Waals surface area contributed by atoms with E-state index in [2.05, 4.69) is 24.3 Å². The van der Waals surface area contributed by atoms with Crippen LogP contribution >= 0.6 is 11.6 Å². The first-order valence-corrected chi connectivity index (χ1v) is 8.15. The third-order valence-corrected chi connectivity index (χ3v) is 3.81. The molecular weight excluding hydrogens is 326 g/mol. The van der Waals surface area contributed by atoms with Crippen LogP contribution in [0.15, 0.2) is 30.3 Å². The predicted molar refractivity (Wildman–Crippen MR) is 97.5 cm³/mol. The highest BCUT2D eigenvalue weighted by atomic mass is 35.5. The lowest BCUT2D eigenvalue weighted by atomic mass is 10.2. The van der Waals surface area contributed by atoms with Crippen molar-refractivity contribution in [2.24, 2.45) is 5.92 Å². The number of para-hydroxylation sites is 2. The van der Waals surface area contributed by atoms with Gasteiger partial charge in [-0.05, 0) is 31.1 Å². The highest BCUT2D eigenvalue weighted by Gasteiger charge is 2.12. The first kappa shape index (κ1) is 18.1. The second-order valence-corrected chi connectivity index (χ2v) is 6.25. The van der Waals surface area contributed by atoms with Crippen molar-refractivity contribution in [3.05, 3.63) is 46.8 Å². The Labute approximate surface area is 147 Å². The average Bonchev–Trinajstić information content (AvgIpc) is 2.79. The Kier molecular flexibility index (Phi) is 6.04. The molecule has 0 unspecified atom stereocenters. The molecule has 0 saturated heterocycles. The number of nitrogens with one attached hydrogen (secondary N) is 1. The smallest absolute Gasteiger partial charge is 0.248 e. The molecule has 0 aliphatic carbocycles. The number of carbonyl (C=O) groups excluding carboxylic acids is 1. The Morgan fingerprint density at radius 3 is 2.79 bits per heavy atom. The summed E-state index contributed by atoms with van der Waals surface area (Å²) in [4.78, 5) is 12.1. The molecule has 2 rings (SSSR count). The molecule has 0 aliphatic rings. The zero-order chi connectivity index (χ0) is 17.7. The summed E-state index contributed by atoms with van der Waals surface area (Å²) in [5.74, 6) is 0.789. The summed E-state index contributed by atoms with van der Waals surface area (Å²) in [6.45, 7) is 6.81. The summed E-state index contributed by atoms with van der Waals surface area (Å²) in [6, 6.07) is 7.25. The molecule has 1 aromatic heterocycles. The number of carbonyl (C=O) groups is 1. The third-order valence-electron chi connectivity index (χ3n) is 3.41. The van der Waals surface area contributed by atoms with Gasteiger partial charge in [-0.1, -0.05) is 37.6 Å². The molecule has 24 heavy (non-hydrogen) atoms. The van der Waals surface area contributed by atoms with E-state index in [9.17, 15) is 4.79 Å². The van der Waals surface area contributed by atoms with Crippen LogP contribution in [0.1, 0.15) is 25.1 Å². The lowest BCUT2D eigenvalue weighted by Crippen LogP contribution is -2.08. The van der Waals surface area contributed by atoms with Gasteiger partial charge in [-0.15, -0.1) is 0 Å². The Morgan fingerprint density at radius 2 is 2.12 bits per heavy atom. The lowest BCUT2D eigenvalue weighted by molar-refractivity contribution is -0.111. The predicted octanol–water partition coefficient (Wildman–Crippen LogP) is 4.16. The molecule has 6 heteroatoms. The van der Waals surface area contributed by atoms with Gasteiger partial charge in [0.05, 0.1) is 18.5 Å². The highest BCUT2D eigenvalue weighted by molar-refractivity contribution is 6.31. The van der Waals surface area contributed by atoms with E-state index >= 15 is 0 Å². The van der Waals surface area contributed by atoms with E-state index in [1.807, 2.05) is 19.1 Å². The molecule has 0 spiro atoms. The number of nitrogens with zero attached hydrogens (tertiary/aromatic N) is 2. The van der Waals surface area contributed by atoms with Crippen molar-refractivity contribution in [2.45, 2.75) is 27.3 Å². The van der Waals surface area contributed by atoms with E-state index in [1.165, 1.54) is 6.08 Å². The molecule has 0 fully saturated rings. The SMILES string of the molecule is COc1ccccc1NC(=O)/C=C/c1c(C)nn(CC(C)C)c1Cl. The van der Waals surface area contributed by atoms with Gasteiger partial charge in [-0.2, -0.15) is 5.10 Å². The van der Waals surface area contributed by atoms with E-state index in [0.29, 0.717) is 22.5 Å². The number of benzene rings is 1. The van der Waals surface area contributed by atoms with E-state index in [1.54, 1.807) is 30.0 Å². The fourth-order valence-corrected chi connectivity index (χ4v) is 2.61. The minimum atomic E-state index is -0.258. The number of anilines is 1. The first-order valence-electron chi connectivity index (χ1n) is 7.77. The van der Waals surface area contributed by atoms with Crippen molar-refractivity contribution in [3.8, 4) is 5.75 Å².